The minimum atomic E-state index is 0.286. The van der Waals surface area contributed by atoms with E-state index in [1.165, 1.54) is 0 Å². The molecule has 1 aromatic rings. The summed E-state index contributed by atoms with van der Waals surface area (Å²) in [6.07, 6.45) is 7.86. The largest absolute Gasteiger partial charge is 0.334 e. The summed E-state index contributed by atoms with van der Waals surface area (Å²) in [6.45, 7) is 6.96. The van der Waals surface area contributed by atoms with Crippen LogP contribution >= 0.6 is 0 Å². The molecule has 0 aliphatic carbocycles. The minimum absolute atomic E-state index is 0.286. The maximum absolute atomic E-state index is 4.38. The van der Waals surface area contributed by atoms with Crippen LogP contribution in [0.5, 0.6) is 0 Å². The molecular formula is C11H19N3. The zero-order chi connectivity index (χ0) is 10.4. The third-order valence-electron chi connectivity index (χ3n) is 2.27. The molecule has 0 aliphatic heterocycles. The normalized spacial score (nSPS) is 12.7. The summed E-state index contributed by atoms with van der Waals surface area (Å²) in [4.78, 5) is 4.38. The summed E-state index contributed by atoms with van der Waals surface area (Å²) in [5.74, 6) is 1.11. The molecule has 0 fully saturated rings. The molecule has 1 unspecified atom stereocenters. The molecule has 14 heavy (non-hydrogen) atoms. The van der Waals surface area contributed by atoms with Crippen LogP contribution in [0.15, 0.2) is 25.0 Å². The monoisotopic (exact) mass is 193 g/mol. The fourth-order valence-electron chi connectivity index (χ4n) is 1.58. The van der Waals surface area contributed by atoms with Crippen molar-refractivity contribution in [2.45, 2.75) is 32.4 Å². The van der Waals surface area contributed by atoms with Crippen molar-refractivity contribution in [1.29, 1.82) is 0 Å². The number of aryl methyl sites for hydroxylation is 1. The Bertz CT molecular complexity index is 278. The highest BCUT2D eigenvalue weighted by molar-refractivity contribution is 5.01. The van der Waals surface area contributed by atoms with Crippen LogP contribution in [0, 0.1) is 0 Å². The topological polar surface area (TPSA) is 29.9 Å². The van der Waals surface area contributed by atoms with Gasteiger partial charge in [0.15, 0.2) is 0 Å². The molecule has 0 aliphatic rings. The van der Waals surface area contributed by atoms with Crippen LogP contribution in [-0.4, -0.2) is 16.6 Å². The van der Waals surface area contributed by atoms with Crippen molar-refractivity contribution in [2.75, 3.05) is 7.05 Å². The molecule has 78 valence electrons. The van der Waals surface area contributed by atoms with Gasteiger partial charge in [-0.25, -0.2) is 4.98 Å². The Balaban J connectivity index is 2.79. The zero-order valence-corrected chi connectivity index (χ0v) is 9.03. The van der Waals surface area contributed by atoms with Gasteiger partial charge in [0.1, 0.15) is 5.82 Å². The summed E-state index contributed by atoms with van der Waals surface area (Å²) < 4.78 is 2.20. The number of rotatable bonds is 6. The summed E-state index contributed by atoms with van der Waals surface area (Å²) in [6, 6.07) is 0.286. The lowest BCUT2D eigenvalue weighted by molar-refractivity contribution is 0.519. The van der Waals surface area contributed by atoms with Crippen LogP contribution < -0.4 is 5.32 Å². The average molecular weight is 193 g/mol. The highest BCUT2D eigenvalue weighted by Gasteiger charge is 2.12. The molecule has 1 N–H and O–H groups in total. The van der Waals surface area contributed by atoms with E-state index in [0.717, 1.165) is 25.2 Å². The predicted octanol–water partition coefficient (Wildman–Crippen LogP) is 2.13. The van der Waals surface area contributed by atoms with Gasteiger partial charge in [-0.2, -0.15) is 0 Å². The standard InChI is InChI=1S/C11H19N3/c1-4-6-10(12-3)11-13-7-9-14(11)8-5-2/h4,7,9-10,12H,1,5-6,8H2,2-3H3. The van der Waals surface area contributed by atoms with Gasteiger partial charge in [0.05, 0.1) is 6.04 Å². The SMILES string of the molecule is C=CCC(NC)c1nccn1CCC. The minimum Gasteiger partial charge on any atom is -0.334 e. The molecule has 0 amide bonds. The Morgan fingerprint density at radius 1 is 1.71 bits per heavy atom. The van der Waals surface area contributed by atoms with Crippen molar-refractivity contribution in [3.8, 4) is 0 Å². The average Bonchev–Trinajstić information content (AvgIpc) is 2.63. The van der Waals surface area contributed by atoms with E-state index in [9.17, 15) is 0 Å². The van der Waals surface area contributed by atoms with E-state index in [4.69, 9.17) is 0 Å². The van der Waals surface area contributed by atoms with Gasteiger partial charge >= 0.3 is 0 Å². The molecule has 0 radical (unpaired) electrons. The highest BCUT2D eigenvalue weighted by atomic mass is 15.1. The van der Waals surface area contributed by atoms with E-state index in [0.29, 0.717) is 0 Å². The van der Waals surface area contributed by atoms with E-state index >= 15 is 0 Å². The van der Waals surface area contributed by atoms with Crippen LogP contribution in [0.25, 0.3) is 0 Å². The lowest BCUT2D eigenvalue weighted by Gasteiger charge is -2.15. The van der Waals surface area contributed by atoms with Gasteiger partial charge in [-0.05, 0) is 19.9 Å². The smallest absolute Gasteiger partial charge is 0.126 e. The van der Waals surface area contributed by atoms with E-state index in [2.05, 4.69) is 28.4 Å². The number of aromatic nitrogens is 2. The zero-order valence-electron chi connectivity index (χ0n) is 9.03. The van der Waals surface area contributed by atoms with Crippen molar-refractivity contribution in [2.24, 2.45) is 0 Å². The van der Waals surface area contributed by atoms with Gasteiger partial charge in [0, 0.05) is 18.9 Å². The van der Waals surface area contributed by atoms with Crippen LogP contribution in [0.1, 0.15) is 31.6 Å². The lowest BCUT2D eigenvalue weighted by Crippen LogP contribution is -2.20. The van der Waals surface area contributed by atoms with Gasteiger partial charge in [-0.1, -0.05) is 13.0 Å². The van der Waals surface area contributed by atoms with E-state index < -0.39 is 0 Å². The van der Waals surface area contributed by atoms with Crippen molar-refractivity contribution in [3.63, 3.8) is 0 Å². The molecule has 1 aromatic heterocycles. The second-order valence-corrected chi connectivity index (χ2v) is 3.34. The molecule has 1 heterocycles. The number of nitrogens with zero attached hydrogens (tertiary/aromatic N) is 2. The van der Waals surface area contributed by atoms with Crippen LogP contribution in [0.3, 0.4) is 0 Å². The molecule has 3 heteroatoms. The first-order valence-electron chi connectivity index (χ1n) is 5.12. The first kappa shape index (κ1) is 11.0. The van der Waals surface area contributed by atoms with Crippen molar-refractivity contribution >= 4 is 0 Å². The van der Waals surface area contributed by atoms with Crippen LogP contribution in [-0.2, 0) is 6.54 Å². The molecule has 1 atom stereocenters. The van der Waals surface area contributed by atoms with Crippen LogP contribution in [0.2, 0.25) is 0 Å². The highest BCUT2D eigenvalue weighted by Crippen LogP contribution is 2.14. The van der Waals surface area contributed by atoms with E-state index in [1.807, 2.05) is 25.5 Å². The maximum atomic E-state index is 4.38. The van der Waals surface area contributed by atoms with Gasteiger partial charge < -0.3 is 9.88 Å². The number of hydrogen-bond donors (Lipinski definition) is 1. The Hall–Kier alpha value is -1.09. The fraction of sp³-hybridized carbons (Fsp3) is 0.545. The molecule has 0 spiro atoms. The number of hydrogen-bond acceptors (Lipinski definition) is 2. The van der Waals surface area contributed by atoms with E-state index in [-0.39, 0.29) is 6.04 Å². The molecule has 0 bridgehead atoms. The van der Waals surface area contributed by atoms with Gasteiger partial charge in [0.25, 0.3) is 0 Å². The molecule has 1 rings (SSSR count). The number of nitrogens with one attached hydrogen (secondary N) is 1. The summed E-state index contributed by atoms with van der Waals surface area (Å²) >= 11 is 0. The fourth-order valence-corrected chi connectivity index (χ4v) is 1.58. The molecule has 0 aromatic carbocycles. The summed E-state index contributed by atoms with van der Waals surface area (Å²) in [7, 11) is 1.96. The second kappa shape index (κ2) is 5.60. The molecule has 0 saturated carbocycles. The molecular weight excluding hydrogens is 174 g/mol. The number of imidazole rings is 1. The van der Waals surface area contributed by atoms with Gasteiger partial charge in [0.2, 0.25) is 0 Å². The first-order valence-corrected chi connectivity index (χ1v) is 5.12. The van der Waals surface area contributed by atoms with Gasteiger partial charge in [-0.3, -0.25) is 0 Å². The third kappa shape index (κ3) is 2.45. The third-order valence-corrected chi connectivity index (χ3v) is 2.27. The summed E-state index contributed by atoms with van der Waals surface area (Å²) in [5, 5.41) is 3.25. The Morgan fingerprint density at radius 3 is 3.07 bits per heavy atom. The van der Waals surface area contributed by atoms with E-state index in [1.54, 1.807) is 0 Å². The van der Waals surface area contributed by atoms with Crippen molar-refractivity contribution < 1.29 is 0 Å². The lowest BCUT2D eigenvalue weighted by atomic mass is 10.2. The molecule has 3 nitrogen and oxygen atoms in total. The van der Waals surface area contributed by atoms with Gasteiger partial charge in [-0.15, -0.1) is 6.58 Å². The Kier molecular flexibility index (Phi) is 4.40. The Labute approximate surface area is 85.8 Å². The first-order chi connectivity index (χ1) is 6.83. The quantitative estimate of drug-likeness (QED) is 0.701. The predicted molar refractivity (Wildman–Crippen MR) is 59.1 cm³/mol. The second-order valence-electron chi connectivity index (χ2n) is 3.34. The maximum Gasteiger partial charge on any atom is 0.126 e. The Morgan fingerprint density at radius 2 is 2.50 bits per heavy atom. The summed E-state index contributed by atoms with van der Waals surface area (Å²) in [5.41, 5.74) is 0. The van der Waals surface area contributed by atoms with Crippen molar-refractivity contribution in [3.05, 3.63) is 30.9 Å². The van der Waals surface area contributed by atoms with Crippen LogP contribution in [0.4, 0.5) is 0 Å². The van der Waals surface area contributed by atoms with Crippen molar-refractivity contribution in [1.82, 2.24) is 14.9 Å². The molecule has 0 saturated heterocycles.